The summed E-state index contributed by atoms with van der Waals surface area (Å²) in [4.78, 5) is 14.1. The van der Waals surface area contributed by atoms with Crippen LogP contribution in [0.3, 0.4) is 0 Å². The minimum absolute atomic E-state index is 0.0979. The standard InChI is InChI=1S/C11H20N2O2/c1-15-8-7-13-6-2-3-10(13)11(14)12-9-4-5-9/h9-10H,2-8H2,1H3,(H,12,14)/t10-/m0/s1. The zero-order valence-corrected chi connectivity index (χ0v) is 9.37. The van der Waals surface area contributed by atoms with Gasteiger partial charge in [0.05, 0.1) is 12.6 Å². The van der Waals surface area contributed by atoms with Crippen molar-refractivity contribution in [3.05, 3.63) is 0 Å². The molecule has 2 rings (SSSR count). The number of nitrogens with zero attached hydrogens (tertiary/aromatic N) is 1. The molecular formula is C11H20N2O2. The quantitative estimate of drug-likeness (QED) is 0.716. The van der Waals surface area contributed by atoms with Crippen LogP contribution in [0.5, 0.6) is 0 Å². The van der Waals surface area contributed by atoms with E-state index in [1.54, 1.807) is 7.11 Å². The smallest absolute Gasteiger partial charge is 0.237 e. The molecule has 0 bridgehead atoms. The molecule has 86 valence electrons. The molecule has 0 radical (unpaired) electrons. The monoisotopic (exact) mass is 212 g/mol. The lowest BCUT2D eigenvalue weighted by molar-refractivity contribution is -0.125. The van der Waals surface area contributed by atoms with Crippen LogP contribution in [0.2, 0.25) is 0 Å². The Bertz CT molecular complexity index is 229. The zero-order valence-electron chi connectivity index (χ0n) is 9.37. The molecule has 15 heavy (non-hydrogen) atoms. The topological polar surface area (TPSA) is 41.6 Å². The van der Waals surface area contributed by atoms with Crippen molar-refractivity contribution in [1.29, 1.82) is 0 Å². The highest BCUT2D eigenvalue weighted by molar-refractivity contribution is 5.82. The SMILES string of the molecule is COCCN1CCC[C@H]1C(=O)NC1CC1. The number of ether oxygens (including phenoxy) is 1. The molecule has 1 saturated carbocycles. The van der Waals surface area contributed by atoms with Crippen molar-refractivity contribution >= 4 is 5.91 Å². The van der Waals surface area contributed by atoms with E-state index in [4.69, 9.17) is 4.74 Å². The van der Waals surface area contributed by atoms with Crippen LogP contribution in [0, 0.1) is 0 Å². The normalized spacial score (nSPS) is 26.9. The van der Waals surface area contributed by atoms with Crippen molar-refractivity contribution in [3.8, 4) is 0 Å². The van der Waals surface area contributed by atoms with Gasteiger partial charge in [-0.05, 0) is 32.2 Å². The van der Waals surface area contributed by atoms with Crippen molar-refractivity contribution in [2.45, 2.75) is 37.8 Å². The molecule has 1 amide bonds. The summed E-state index contributed by atoms with van der Waals surface area (Å²) in [7, 11) is 1.70. The Balaban J connectivity index is 1.79. The van der Waals surface area contributed by atoms with Crippen LogP contribution in [0.1, 0.15) is 25.7 Å². The third-order valence-corrected chi connectivity index (χ3v) is 3.17. The fraction of sp³-hybridized carbons (Fsp3) is 0.909. The Kier molecular flexibility index (Phi) is 3.59. The van der Waals surface area contributed by atoms with E-state index in [-0.39, 0.29) is 11.9 Å². The summed E-state index contributed by atoms with van der Waals surface area (Å²) in [5.41, 5.74) is 0. The minimum atomic E-state index is 0.0979. The van der Waals surface area contributed by atoms with Gasteiger partial charge in [0.15, 0.2) is 0 Å². The second-order valence-corrected chi connectivity index (χ2v) is 4.47. The zero-order chi connectivity index (χ0) is 10.7. The summed E-state index contributed by atoms with van der Waals surface area (Å²) < 4.78 is 5.05. The average molecular weight is 212 g/mol. The lowest BCUT2D eigenvalue weighted by Gasteiger charge is -2.23. The van der Waals surface area contributed by atoms with E-state index in [1.165, 1.54) is 0 Å². The van der Waals surface area contributed by atoms with Crippen LogP contribution in [0.4, 0.5) is 0 Å². The lowest BCUT2D eigenvalue weighted by Crippen LogP contribution is -2.45. The van der Waals surface area contributed by atoms with Crippen LogP contribution in [-0.2, 0) is 9.53 Å². The Morgan fingerprint density at radius 2 is 2.27 bits per heavy atom. The maximum Gasteiger partial charge on any atom is 0.237 e. The summed E-state index contributed by atoms with van der Waals surface area (Å²) in [5.74, 6) is 0.228. The van der Waals surface area contributed by atoms with Gasteiger partial charge >= 0.3 is 0 Å². The Labute approximate surface area is 91.0 Å². The summed E-state index contributed by atoms with van der Waals surface area (Å²) in [6.07, 6.45) is 4.46. The third-order valence-electron chi connectivity index (χ3n) is 3.17. The van der Waals surface area contributed by atoms with E-state index in [0.29, 0.717) is 12.6 Å². The van der Waals surface area contributed by atoms with Crippen LogP contribution in [-0.4, -0.2) is 49.7 Å². The first-order valence-corrected chi connectivity index (χ1v) is 5.84. The van der Waals surface area contributed by atoms with Crippen LogP contribution in [0.15, 0.2) is 0 Å². The van der Waals surface area contributed by atoms with Crippen molar-refractivity contribution in [1.82, 2.24) is 10.2 Å². The first kappa shape index (κ1) is 10.9. The minimum Gasteiger partial charge on any atom is -0.383 e. The van der Waals surface area contributed by atoms with E-state index in [1.807, 2.05) is 0 Å². The van der Waals surface area contributed by atoms with Crippen molar-refractivity contribution in [3.63, 3.8) is 0 Å². The maximum absolute atomic E-state index is 11.9. The van der Waals surface area contributed by atoms with E-state index < -0.39 is 0 Å². The molecule has 1 N–H and O–H groups in total. The molecule has 1 heterocycles. The molecule has 2 aliphatic rings. The molecule has 0 unspecified atom stereocenters. The van der Waals surface area contributed by atoms with Gasteiger partial charge in [-0.15, -0.1) is 0 Å². The highest BCUT2D eigenvalue weighted by atomic mass is 16.5. The van der Waals surface area contributed by atoms with Crippen LogP contribution < -0.4 is 5.32 Å². The molecule has 1 atom stereocenters. The molecule has 0 spiro atoms. The number of rotatable bonds is 5. The molecular weight excluding hydrogens is 192 g/mol. The highest BCUT2D eigenvalue weighted by Gasteiger charge is 2.33. The maximum atomic E-state index is 11.9. The van der Waals surface area contributed by atoms with E-state index in [2.05, 4.69) is 10.2 Å². The molecule has 0 aromatic heterocycles. The molecule has 2 fully saturated rings. The predicted molar refractivity (Wildman–Crippen MR) is 57.6 cm³/mol. The van der Waals surface area contributed by atoms with E-state index in [9.17, 15) is 4.79 Å². The number of likely N-dealkylation sites (tertiary alicyclic amines) is 1. The van der Waals surface area contributed by atoms with E-state index in [0.717, 1.165) is 38.8 Å². The number of carbonyl (C=O) groups is 1. The molecule has 0 aromatic rings. The number of hydrogen-bond donors (Lipinski definition) is 1. The van der Waals surface area contributed by atoms with Crippen molar-refractivity contribution in [2.24, 2.45) is 0 Å². The number of amides is 1. The average Bonchev–Trinajstić information content (AvgIpc) is 2.91. The van der Waals surface area contributed by atoms with Gasteiger partial charge in [0, 0.05) is 19.7 Å². The van der Waals surface area contributed by atoms with Gasteiger partial charge in [-0.3, -0.25) is 9.69 Å². The first-order valence-electron chi connectivity index (χ1n) is 5.84. The second kappa shape index (κ2) is 4.94. The number of carbonyl (C=O) groups excluding carboxylic acids is 1. The second-order valence-electron chi connectivity index (χ2n) is 4.47. The largest absolute Gasteiger partial charge is 0.383 e. The number of nitrogens with one attached hydrogen (secondary N) is 1. The van der Waals surface area contributed by atoms with E-state index >= 15 is 0 Å². The van der Waals surface area contributed by atoms with Gasteiger partial charge in [0.1, 0.15) is 0 Å². The Morgan fingerprint density at radius 3 is 2.93 bits per heavy atom. The third kappa shape index (κ3) is 2.92. The molecule has 1 aliphatic carbocycles. The molecule has 4 nitrogen and oxygen atoms in total. The van der Waals surface area contributed by atoms with Gasteiger partial charge in [-0.25, -0.2) is 0 Å². The van der Waals surface area contributed by atoms with Gasteiger partial charge in [-0.2, -0.15) is 0 Å². The van der Waals surface area contributed by atoms with Gasteiger partial charge in [0.2, 0.25) is 5.91 Å². The fourth-order valence-corrected chi connectivity index (χ4v) is 2.12. The Hall–Kier alpha value is -0.610. The number of methoxy groups -OCH3 is 1. The highest BCUT2D eigenvalue weighted by Crippen LogP contribution is 2.22. The van der Waals surface area contributed by atoms with Crippen molar-refractivity contribution in [2.75, 3.05) is 26.8 Å². The van der Waals surface area contributed by atoms with Gasteiger partial charge < -0.3 is 10.1 Å². The molecule has 1 aliphatic heterocycles. The Morgan fingerprint density at radius 1 is 1.47 bits per heavy atom. The first-order chi connectivity index (χ1) is 7.31. The van der Waals surface area contributed by atoms with Crippen molar-refractivity contribution < 1.29 is 9.53 Å². The lowest BCUT2D eigenvalue weighted by atomic mass is 10.2. The van der Waals surface area contributed by atoms with Gasteiger partial charge in [0.25, 0.3) is 0 Å². The summed E-state index contributed by atoms with van der Waals surface area (Å²) in [6.45, 7) is 2.62. The van der Waals surface area contributed by atoms with Gasteiger partial charge in [-0.1, -0.05) is 0 Å². The predicted octanol–water partition coefficient (Wildman–Crippen LogP) is 0.376. The number of hydrogen-bond acceptors (Lipinski definition) is 3. The van der Waals surface area contributed by atoms with Crippen LogP contribution in [0.25, 0.3) is 0 Å². The molecule has 4 heteroatoms. The summed E-state index contributed by atoms with van der Waals surface area (Å²) >= 11 is 0. The summed E-state index contributed by atoms with van der Waals surface area (Å²) in [5, 5.41) is 3.08. The van der Waals surface area contributed by atoms with Crippen LogP contribution >= 0.6 is 0 Å². The molecule has 0 aromatic carbocycles. The summed E-state index contributed by atoms with van der Waals surface area (Å²) in [6, 6.07) is 0.572. The fourth-order valence-electron chi connectivity index (χ4n) is 2.12. The molecule has 1 saturated heterocycles.